The van der Waals surface area contributed by atoms with Gasteiger partial charge >= 0.3 is 5.97 Å². The highest BCUT2D eigenvalue weighted by atomic mass is 32.2. The van der Waals surface area contributed by atoms with Gasteiger partial charge in [0.2, 0.25) is 10.0 Å². The lowest BCUT2D eigenvalue weighted by atomic mass is 9.92. The zero-order valence-electron chi connectivity index (χ0n) is 12.5. The highest BCUT2D eigenvalue weighted by Gasteiger charge is 2.40. The lowest BCUT2D eigenvalue weighted by molar-refractivity contribution is -0.144. The van der Waals surface area contributed by atoms with Crippen LogP contribution in [0.5, 0.6) is 0 Å². The average molecular weight is 340 g/mol. The third-order valence-corrected chi connectivity index (χ3v) is 6.46. The molecular weight excluding hydrogens is 323 g/mol. The molecule has 1 aliphatic heterocycles. The minimum atomic E-state index is -3.98. The molecule has 1 aromatic carbocycles. The standard InChI is InChI=1S/C15H17FN2O4S/c1-9-10(15(19)20)4-3-7-18(9)23(21,22)13-8-17-12-6-2-5-11(16)14(12)13/h2,5-6,8-10,17H,3-4,7H2,1H3,(H,19,20)/t9-,10-/m1/s1. The molecule has 2 aromatic rings. The number of aliphatic carboxylic acids is 1. The van der Waals surface area contributed by atoms with E-state index in [4.69, 9.17) is 0 Å². The summed E-state index contributed by atoms with van der Waals surface area (Å²) in [4.78, 5) is 13.9. The Bertz CT molecular complexity index is 861. The normalized spacial score (nSPS) is 23.2. The number of H-pyrrole nitrogens is 1. The third-order valence-electron chi connectivity index (χ3n) is 4.45. The van der Waals surface area contributed by atoms with Gasteiger partial charge in [0, 0.05) is 24.3 Å². The van der Waals surface area contributed by atoms with E-state index in [1.807, 2.05) is 0 Å². The molecule has 1 saturated heterocycles. The van der Waals surface area contributed by atoms with E-state index >= 15 is 0 Å². The molecule has 0 aliphatic carbocycles. The Morgan fingerprint density at radius 2 is 2.17 bits per heavy atom. The summed E-state index contributed by atoms with van der Waals surface area (Å²) in [5.41, 5.74) is 0.392. The van der Waals surface area contributed by atoms with Gasteiger partial charge in [-0.1, -0.05) is 6.07 Å². The molecule has 23 heavy (non-hydrogen) atoms. The minimum Gasteiger partial charge on any atom is -0.481 e. The number of piperidine rings is 1. The van der Waals surface area contributed by atoms with Gasteiger partial charge in [0.25, 0.3) is 0 Å². The van der Waals surface area contributed by atoms with Gasteiger partial charge in [-0.05, 0) is 31.9 Å². The Hall–Kier alpha value is -1.93. The van der Waals surface area contributed by atoms with Crippen molar-refractivity contribution in [3.05, 3.63) is 30.2 Å². The first kappa shape index (κ1) is 15.9. The molecule has 2 N–H and O–H groups in total. The fraction of sp³-hybridized carbons (Fsp3) is 0.400. The molecule has 0 amide bonds. The highest BCUT2D eigenvalue weighted by Crippen LogP contribution is 2.33. The quantitative estimate of drug-likeness (QED) is 0.896. The maximum atomic E-state index is 14.1. The number of halogens is 1. The van der Waals surface area contributed by atoms with Crippen LogP contribution in [0.15, 0.2) is 29.3 Å². The van der Waals surface area contributed by atoms with Crippen LogP contribution >= 0.6 is 0 Å². The summed E-state index contributed by atoms with van der Waals surface area (Å²) in [6, 6.07) is 3.61. The Labute approximate surface area is 133 Å². The van der Waals surface area contributed by atoms with Crippen molar-refractivity contribution in [1.82, 2.24) is 9.29 Å². The van der Waals surface area contributed by atoms with E-state index in [0.29, 0.717) is 18.4 Å². The van der Waals surface area contributed by atoms with Crippen molar-refractivity contribution in [2.75, 3.05) is 6.54 Å². The van der Waals surface area contributed by atoms with E-state index in [1.54, 1.807) is 13.0 Å². The number of carbonyl (C=O) groups is 1. The molecule has 2 atom stereocenters. The van der Waals surface area contributed by atoms with Crippen molar-refractivity contribution < 1.29 is 22.7 Å². The van der Waals surface area contributed by atoms with E-state index in [9.17, 15) is 22.7 Å². The molecule has 0 radical (unpaired) electrons. The zero-order chi connectivity index (χ0) is 16.8. The lowest BCUT2D eigenvalue weighted by Crippen LogP contribution is -2.48. The molecule has 2 heterocycles. The molecule has 1 aromatic heterocycles. The third kappa shape index (κ3) is 2.51. The fourth-order valence-electron chi connectivity index (χ4n) is 3.22. The first-order valence-electron chi connectivity index (χ1n) is 7.34. The number of hydrogen-bond donors (Lipinski definition) is 2. The van der Waals surface area contributed by atoms with Crippen LogP contribution in [0, 0.1) is 11.7 Å². The molecule has 0 saturated carbocycles. The molecule has 6 nitrogen and oxygen atoms in total. The van der Waals surface area contributed by atoms with E-state index in [2.05, 4.69) is 4.98 Å². The zero-order valence-corrected chi connectivity index (χ0v) is 13.3. The highest BCUT2D eigenvalue weighted by molar-refractivity contribution is 7.89. The second-order valence-corrected chi connectivity index (χ2v) is 7.62. The molecule has 3 rings (SSSR count). The molecule has 1 aliphatic rings. The maximum absolute atomic E-state index is 14.1. The van der Waals surface area contributed by atoms with Gasteiger partial charge in [-0.3, -0.25) is 4.79 Å². The summed E-state index contributed by atoms with van der Waals surface area (Å²) in [6.07, 6.45) is 2.16. The van der Waals surface area contributed by atoms with Crippen molar-refractivity contribution in [3.63, 3.8) is 0 Å². The number of hydrogen-bond acceptors (Lipinski definition) is 3. The van der Waals surface area contributed by atoms with Gasteiger partial charge in [-0.2, -0.15) is 4.31 Å². The van der Waals surface area contributed by atoms with Gasteiger partial charge < -0.3 is 10.1 Å². The Balaban J connectivity index is 2.08. The fourth-order valence-corrected chi connectivity index (χ4v) is 5.10. The van der Waals surface area contributed by atoms with Crippen LogP contribution in [0.2, 0.25) is 0 Å². The Morgan fingerprint density at radius 1 is 1.43 bits per heavy atom. The number of nitrogens with one attached hydrogen (secondary N) is 1. The second kappa shape index (κ2) is 5.61. The molecule has 0 spiro atoms. The van der Waals surface area contributed by atoms with Gasteiger partial charge in [0.05, 0.1) is 11.3 Å². The monoisotopic (exact) mass is 340 g/mol. The first-order chi connectivity index (χ1) is 10.8. The Morgan fingerprint density at radius 3 is 2.87 bits per heavy atom. The molecular formula is C15H17FN2O4S. The molecule has 1 fully saturated rings. The number of benzene rings is 1. The van der Waals surface area contributed by atoms with Crippen LogP contribution in [-0.4, -0.2) is 41.4 Å². The lowest BCUT2D eigenvalue weighted by Gasteiger charge is -2.36. The van der Waals surface area contributed by atoms with Crippen molar-refractivity contribution in [3.8, 4) is 0 Å². The van der Waals surface area contributed by atoms with E-state index in [-0.39, 0.29) is 16.8 Å². The summed E-state index contributed by atoms with van der Waals surface area (Å²) in [7, 11) is -3.98. The van der Waals surface area contributed by atoms with Gasteiger partial charge in [-0.25, -0.2) is 12.8 Å². The molecule has 0 bridgehead atoms. The van der Waals surface area contributed by atoms with E-state index in [0.717, 1.165) is 0 Å². The van der Waals surface area contributed by atoms with Crippen LogP contribution in [0.3, 0.4) is 0 Å². The number of carboxylic acid groups (broad SMARTS) is 1. The molecule has 8 heteroatoms. The SMILES string of the molecule is C[C@@H]1[C@H](C(=O)O)CCCN1S(=O)(=O)c1c[nH]c2cccc(F)c12. The largest absolute Gasteiger partial charge is 0.481 e. The van der Waals surface area contributed by atoms with E-state index in [1.165, 1.54) is 22.6 Å². The summed E-state index contributed by atoms with van der Waals surface area (Å²) in [5.74, 6) is -2.39. The minimum absolute atomic E-state index is 0.0112. The van der Waals surface area contributed by atoms with Crippen LogP contribution in [0.1, 0.15) is 19.8 Å². The predicted molar refractivity (Wildman–Crippen MR) is 82.0 cm³/mol. The first-order valence-corrected chi connectivity index (χ1v) is 8.78. The van der Waals surface area contributed by atoms with Crippen LogP contribution in [0.4, 0.5) is 4.39 Å². The van der Waals surface area contributed by atoms with Crippen molar-refractivity contribution in [1.29, 1.82) is 0 Å². The predicted octanol–water partition coefficient (Wildman–Crippen LogP) is 2.18. The number of rotatable bonds is 3. The van der Waals surface area contributed by atoms with Gasteiger partial charge in [-0.15, -0.1) is 0 Å². The Kier molecular flexibility index (Phi) is 3.89. The number of carboxylic acids is 1. The molecule has 0 unspecified atom stereocenters. The molecule has 124 valence electrons. The summed E-state index contributed by atoms with van der Waals surface area (Å²) < 4.78 is 41.1. The van der Waals surface area contributed by atoms with Crippen molar-refractivity contribution in [2.24, 2.45) is 5.92 Å². The average Bonchev–Trinajstić information content (AvgIpc) is 2.93. The number of aromatic amines is 1. The van der Waals surface area contributed by atoms with Crippen LogP contribution in [0.25, 0.3) is 10.9 Å². The number of aromatic nitrogens is 1. The van der Waals surface area contributed by atoms with Crippen molar-refractivity contribution in [2.45, 2.75) is 30.7 Å². The van der Waals surface area contributed by atoms with Gasteiger partial charge in [0.15, 0.2) is 0 Å². The summed E-state index contributed by atoms with van der Waals surface area (Å²) >= 11 is 0. The summed E-state index contributed by atoms with van der Waals surface area (Å²) in [6.45, 7) is 1.81. The second-order valence-electron chi connectivity index (χ2n) is 5.76. The van der Waals surface area contributed by atoms with E-state index < -0.39 is 33.8 Å². The van der Waals surface area contributed by atoms with Crippen LogP contribution in [-0.2, 0) is 14.8 Å². The van der Waals surface area contributed by atoms with Crippen molar-refractivity contribution >= 4 is 26.9 Å². The smallest absolute Gasteiger partial charge is 0.308 e. The number of sulfonamides is 1. The number of nitrogens with zero attached hydrogens (tertiary/aromatic N) is 1. The topological polar surface area (TPSA) is 90.5 Å². The maximum Gasteiger partial charge on any atom is 0.308 e. The van der Waals surface area contributed by atoms with Gasteiger partial charge in [0.1, 0.15) is 10.7 Å². The summed E-state index contributed by atoms with van der Waals surface area (Å²) in [5, 5.41) is 9.26. The van der Waals surface area contributed by atoms with Crippen LogP contribution < -0.4 is 0 Å². The number of fused-ring (bicyclic) bond motifs is 1.